The second-order valence-electron chi connectivity index (χ2n) is 4.22. The topological polar surface area (TPSA) is 78.9 Å². The summed E-state index contributed by atoms with van der Waals surface area (Å²) >= 11 is 3.14. The number of carbonyl (C=O) groups is 1. The molecular formula is C12H15BrFN3O2. The van der Waals surface area contributed by atoms with E-state index in [9.17, 15) is 9.18 Å². The number of benzene rings is 1. The van der Waals surface area contributed by atoms with E-state index in [1.807, 2.05) is 0 Å². The molecule has 1 amide bonds. The minimum Gasteiger partial charge on any atom is -0.409 e. The first-order valence-electron chi connectivity index (χ1n) is 5.54. The molecule has 1 unspecified atom stereocenters. The monoisotopic (exact) mass is 331 g/mol. The van der Waals surface area contributed by atoms with Crippen LogP contribution in [0.25, 0.3) is 0 Å². The predicted molar refractivity (Wildman–Crippen MR) is 73.7 cm³/mol. The Morgan fingerprint density at radius 1 is 1.58 bits per heavy atom. The van der Waals surface area contributed by atoms with Crippen molar-refractivity contribution in [2.24, 2.45) is 10.9 Å². The minimum atomic E-state index is -0.491. The molecule has 1 aromatic rings. The Hall–Kier alpha value is -1.63. The van der Waals surface area contributed by atoms with Crippen LogP contribution in [0.2, 0.25) is 0 Å². The third-order valence-electron chi connectivity index (χ3n) is 2.72. The molecule has 0 aliphatic heterocycles. The average molecular weight is 332 g/mol. The minimum absolute atomic E-state index is 0.0348. The molecule has 0 bridgehead atoms. The van der Waals surface area contributed by atoms with E-state index in [2.05, 4.69) is 21.1 Å². The summed E-state index contributed by atoms with van der Waals surface area (Å²) in [7, 11) is 1.58. The molecule has 0 saturated heterocycles. The summed E-state index contributed by atoms with van der Waals surface area (Å²) in [5.74, 6) is -0.791. The summed E-state index contributed by atoms with van der Waals surface area (Å²) < 4.78 is 13.7. The van der Waals surface area contributed by atoms with Crippen molar-refractivity contribution in [3.63, 3.8) is 0 Å². The van der Waals surface area contributed by atoms with Crippen LogP contribution in [0.5, 0.6) is 0 Å². The molecular weight excluding hydrogens is 317 g/mol. The van der Waals surface area contributed by atoms with Crippen molar-refractivity contribution in [3.8, 4) is 0 Å². The summed E-state index contributed by atoms with van der Waals surface area (Å²) in [4.78, 5) is 13.6. The fourth-order valence-electron chi connectivity index (χ4n) is 1.56. The number of nitrogens with two attached hydrogens (primary N) is 1. The number of nitrogens with zero attached hydrogens (tertiary/aromatic N) is 2. The van der Waals surface area contributed by atoms with Crippen LogP contribution in [0.3, 0.4) is 0 Å². The Labute approximate surface area is 119 Å². The molecule has 0 aliphatic carbocycles. The highest BCUT2D eigenvalue weighted by Gasteiger charge is 2.19. The van der Waals surface area contributed by atoms with Crippen molar-refractivity contribution in [1.82, 2.24) is 4.90 Å². The maximum Gasteiger partial charge on any atom is 0.253 e. The Morgan fingerprint density at radius 3 is 2.74 bits per heavy atom. The lowest BCUT2D eigenvalue weighted by Crippen LogP contribution is -2.37. The van der Waals surface area contributed by atoms with E-state index < -0.39 is 5.82 Å². The van der Waals surface area contributed by atoms with E-state index in [0.29, 0.717) is 4.47 Å². The van der Waals surface area contributed by atoms with Gasteiger partial charge in [-0.3, -0.25) is 4.79 Å². The number of hydrogen-bond acceptors (Lipinski definition) is 3. The second kappa shape index (κ2) is 6.51. The van der Waals surface area contributed by atoms with Crippen molar-refractivity contribution in [1.29, 1.82) is 0 Å². The number of hydrogen-bond donors (Lipinski definition) is 2. The summed E-state index contributed by atoms with van der Waals surface area (Å²) in [6, 6.07) is 3.71. The zero-order chi connectivity index (χ0) is 14.6. The number of amidine groups is 1. The van der Waals surface area contributed by atoms with Crippen LogP contribution in [0.1, 0.15) is 23.7 Å². The average Bonchev–Trinajstić information content (AvgIpc) is 2.35. The van der Waals surface area contributed by atoms with Gasteiger partial charge in [0.05, 0.1) is 0 Å². The summed E-state index contributed by atoms with van der Waals surface area (Å²) in [5, 5.41) is 11.4. The Kier molecular flexibility index (Phi) is 5.29. The highest BCUT2D eigenvalue weighted by atomic mass is 79.9. The molecule has 19 heavy (non-hydrogen) atoms. The van der Waals surface area contributed by atoms with Crippen LogP contribution in [-0.4, -0.2) is 34.9 Å². The van der Waals surface area contributed by atoms with E-state index in [4.69, 9.17) is 10.9 Å². The fourth-order valence-corrected chi connectivity index (χ4v) is 2.03. The lowest BCUT2D eigenvalue weighted by Gasteiger charge is -2.24. The van der Waals surface area contributed by atoms with E-state index in [1.54, 1.807) is 14.0 Å². The van der Waals surface area contributed by atoms with Gasteiger partial charge in [0.15, 0.2) is 0 Å². The highest BCUT2D eigenvalue weighted by molar-refractivity contribution is 9.10. The molecule has 0 fully saturated rings. The van der Waals surface area contributed by atoms with E-state index in [-0.39, 0.29) is 29.8 Å². The first-order valence-corrected chi connectivity index (χ1v) is 6.34. The van der Waals surface area contributed by atoms with Gasteiger partial charge < -0.3 is 15.8 Å². The summed E-state index contributed by atoms with van der Waals surface area (Å²) in [6.07, 6.45) is 0.231. The smallest absolute Gasteiger partial charge is 0.253 e. The lowest BCUT2D eigenvalue weighted by molar-refractivity contribution is 0.0746. The van der Waals surface area contributed by atoms with Gasteiger partial charge in [-0.2, -0.15) is 0 Å². The molecule has 1 aromatic carbocycles. The fraction of sp³-hybridized carbons (Fsp3) is 0.333. The maximum absolute atomic E-state index is 13.2. The van der Waals surface area contributed by atoms with Gasteiger partial charge in [0, 0.05) is 29.5 Å². The second-order valence-corrected chi connectivity index (χ2v) is 5.13. The van der Waals surface area contributed by atoms with Gasteiger partial charge in [0.2, 0.25) is 0 Å². The van der Waals surface area contributed by atoms with Crippen molar-refractivity contribution < 1.29 is 14.4 Å². The zero-order valence-electron chi connectivity index (χ0n) is 10.6. The molecule has 0 aromatic heterocycles. The molecule has 0 spiro atoms. The van der Waals surface area contributed by atoms with Crippen LogP contribution >= 0.6 is 15.9 Å². The van der Waals surface area contributed by atoms with Gasteiger partial charge in [-0.15, -0.1) is 0 Å². The largest absolute Gasteiger partial charge is 0.409 e. The molecule has 0 radical (unpaired) electrons. The Bertz CT molecular complexity index is 487. The van der Waals surface area contributed by atoms with Crippen LogP contribution in [-0.2, 0) is 0 Å². The number of amides is 1. The number of halogens is 2. The van der Waals surface area contributed by atoms with Gasteiger partial charge in [-0.1, -0.05) is 21.1 Å². The Balaban J connectivity index is 2.87. The third-order valence-corrected chi connectivity index (χ3v) is 3.18. The third kappa shape index (κ3) is 4.20. The van der Waals surface area contributed by atoms with Crippen molar-refractivity contribution in [3.05, 3.63) is 34.1 Å². The van der Waals surface area contributed by atoms with Crippen LogP contribution < -0.4 is 5.73 Å². The first-order chi connectivity index (χ1) is 8.85. The molecule has 1 rings (SSSR count). The van der Waals surface area contributed by atoms with Crippen molar-refractivity contribution in [2.75, 3.05) is 7.05 Å². The summed E-state index contributed by atoms with van der Waals surface area (Å²) in [5.41, 5.74) is 5.63. The normalized spacial score (nSPS) is 13.2. The van der Waals surface area contributed by atoms with Crippen molar-refractivity contribution in [2.45, 2.75) is 19.4 Å². The standard InChI is InChI=1S/C12H15BrFN3O2/c1-7(3-11(15)16-19)17(2)12(18)8-4-9(13)6-10(14)5-8/h4-7,19H,3H2,1-2H3,(H2,15,16). The highest BCUT2D eigenvalue weighted by Crippen LogP contribution is 2.17. The predicted octanol–water partition coefficient (Wildman–Crippen LogP) is 2.19. The molecule has 3 N–H and O–H groups in total. The first kappa shape index (κ1) is 15.4. The van der Waals surface area contributed by atoms with Gasteiger partial charge in [0.1, 0.15) is 11.7 Å². The summed E-state index contributed by atoms with van der Waals surface area (Å²) in [6.45, 7) is 1.75. The van der Waals surface area contributed by atoms with Gasteiger partial charge in [-0.25, -0.2) is 4.39 Å². The van der Waals surface area contributed by atoms with Gasteiger partial charge in [-0.05, 0) is 25.1 Å². The molecule has 5 nitrogen and oxygen atoms in total. The SMILES string of the molecule is CC(CC(N)=NO)N(C)C(=O)c1cc(F)cc(Br)c1. The quantitative estimate of drug-likeness (QED) is 0.384. The van der Waals surface area contributed by atoms with Gasteiger partial charge in [0.25, 0.3) is 5.91 Å². The van der Waals surface area contributed by atoms with Crippen LogP contribution in [0.4, 0.5) is 4.39 Å². The molecule has 1 atom stereocenters. The van der Waals surface area contributed by atoms with E-state index >= 15 is 0 Å². The zero-order valence-corrected chi connectivity index (χ0v) is 12.2. The maximum atomic E-state index is 13.2. The van der Waals surface area contributed by atoms with Crippen molar-refractivity contribution >= 4 is 27.7 Å². The lowest BCUT2D eigenvalue weighted by atomic mass is 10.1. The van der Waals surface area contributed by atoms with Gasteiger partial charge >= 0.3 is 0 Å². The molecule has 7 heteroatoms. The molecule has 0 saturated carbocycles. The van der Waals surface area contributed by atoms with Crippen LogP contribution in [0, 0.1) is 5.82 Å². The van der Waals surface area contributed by atoms with E-state index in [0.717, 1.165) is 0 Å². The Morgan fingerprint density at radius 2 is 2.21 bits per heavy atom. The molecule has 0 heterocycles. The molecule has 0 aliphatic rings. The van der Waals surface area contributed by atoms with E-state index in [1.165, 1.54) is 23.1 Å². The number of oxime groups is 1. The number of rotatable bonds is 4. The number of carbonyl (C=O) groups excluding carboxylic acids is 1. The molecule has 104 valence electrons. The van der Waals surface area contributed by atoms with Crippen LogP contribution in [0.15, 0.2) is 27.8 Å².